The van der Waals surface area contributed by atoms with E-state index in [1.165, 1.54) is 0 Å². The third kappa shape index (κ3) is 2.27. The van der Waals surface area contributed by atoms with E-state index in [1.807, 2.05) is 42.3 Å². The van der Waals surface area contributed by atoms with Crippen LogP contribution in [-0.2, 0) is 0 Å². The molecular weight excluding hydrogens is 150 g/mol. The summed E-state index contributed by atoms with van der Waals surface area (Å²) in [7, 11) is 3.73. The Morgan fingerprint density at radius 3 is 2.58 bits per heavy atom. The maximum absolute atomic E-state index is 3.90. The number of nitrogens with zero attached hydrogens (tertiary/aromatic N) is 2. The van der Waals surface area contributed by atoms with Gasteiger partial charge in [-0.3, -0.25) is 0 Å². The molecule has 0 aromatic heterocycles. The maximum atomic E-state index is 3.90. The molecule has 0 aliphatic heterocycles. The van der Waals surface area contributed by atoms with Crippen molar-refractivity contribution < 1.29 is 0 Å². The number of rotatable bonds is 3. The van der Waals surface area contributed by atoms with Crippen LogP contribution in [0.25, 0.3) is 0 Å². The Bertz CT molecular complexity index is 243. The van der Waals surface area contributed by atoms with Gasteiger partial charge in [0.1, 0.15) is 6.34 Å². The van der Waals surface area contributed by atoms with Crippen LogP contribution in [0.4, 0.5) is 5.69 Å². The summed E-state index contributed by atoms with van der Waals surface area (Å²) >= 11 is 0. The predicted octanol–water partition coefficient (Wildman–Crippen LogP) is 1.29. The van der Waals surface area contributed by atoms with Gasteiger partial charge in [-0.05, 0) is 12.1 Å². The summed E-state index contributed by atoms with van der Waals surface area (Å²) < 4.78 is 0. The second-order valence-corrected chi connectivity index (χ2v) is 2.41. The molecule has 0 fully saturated rings. The lowest BCUT2D eigenvalue weighted by Gasteiger charge is -2.11. The van der Waals surface area contributed by atoms with Crippen molar-refractivity contribution in [1.29, 1.82) is 0 Å². The number of anilines is 1. The molecule has 0 amide bonds. The summed E-state index contributed by atoms with van der Waals surface area (Å²) in [5, 5.41) is 3.90. The molecule has 0 radical (unpaired) electrons. The van der Waals surface area contributed by atoms with Gasteiger partial charge in [0.05, 0.1) is 0 Å². The van der Waals surface area contributed by atoms with Crippen LogP contribution in [0.2, 0.25) is 0 Å². The maximum Gasteiger partial charge on any atom is 0.115 e. The second-order valence-electron chi connectivity index (χ2n) is 2.41. The van der Waals surface area contributed by atoms with E-state index in [1.54, 1.807) is 13.4 Å². The number of hydrazone groups is 1. The molecule has 0 saturated heterocycles. The summed E-state index contributed by atoms with van der Waals surface area (Å²) in [6.45, 7) is 0. The third-order valence-corrected chi connectivity index (χ3v) is 1.52. The molecule has 1 N–H and O–H groups in total. The first kappa shape index (κ1) is 8.59. The molecular formula is C9H13N3. The van der Waals surface area contributed by atoms with Crippen LogP contribution >= 0.6 is 0 Å². The Morgan fingerprint density at radius 2 is 2.00 bits per heavy atom. The molecule has 0 aliphatic carbocycles. The number of nitrogens with one attached hydrogen (secondary N) is 1. The monoisotopic (exact) mass is 163 g/mol. The molecule has 64 valence electrons. The topological polar surface area (TPSA) is 27.6 Å². The normalized spacial score (nSPS) is 10.2. The minimum Gasteiger partial charge on any atom is -0.334 e. The highest BCUT2D eigenvalue weighted by molar-refractivity contribution is 5.77. The number of hydrogen-bond donors (Lipinski definition) is 1. The Hall–Kier alpha value is -1.51. The third-order valence-electron chi connectivity index (χ3n) is 1.52. The van der Waals surface area contributed by atoms with Gasteiger partial charge in [0.25, 0.3) is 0 Å². The van der Waals surface area contributed by atoms with Crippen LogP contribution in [0.3, 0.4) is 0 Å². The fraction of sp³-hybridized carbons (Fsp3) is 0.222. The summed E-state index contributed by atoms with van der Waals surface area (Å²) in [5.41, 5.74) is 3.82. The molecule has 1 aromatic carbocycles. The van der Waals surface area contributed by atoms with Crippen LogP contribution in [0, 0.1) is 0 Å². The van der Waals surface area contributed by atoms with E-state index in [0.717, 1.165) is 5.69 Å². The minimum atomic E-state index is 1.12. The van der Waals surface area contributed by atoms with Crippen molar-refractivity contribution in [3.8, 4) is 0 Å². The highest BCUT2D eigenvalue weighted by Gasteiger charge is 1.92. The van der Waals surface area contributed by atoms with E-state index >= 15 is 0 Å². The lowest BCUT2D eigenvalue weighted by Crippen LogP contribution is -2.15. The van der Waals surface area contributed by atoms with Gasteiger partial charge in [-0.15, -0.1) is 0 Å². The fourth-order valence-corrected chi connectivity index (χ4v) is 0.874. The van der Waals surface area contributed by atoms with Crippen LogP contribution in [-0.4, -0.2) is 20.4 Å². The molecule has 0 saturated carbocycles. The summed E-state index contributed by atoms with van der Waals surface area (Å²) in [6, 6.07) is 10.0. The molecule has 0 aliphatic rings. The van der Waals surface area contributed by atoms with E-state index < -0.39 is 0 Å². The van der Waals surface area contributed by atoms with Gasteiger partial charge in [0, 0.05) is 19.8 Å². The van der Waals surface area contributed by atoms with Gasteiger partial charge in [-0.25, -0.2) is 0 Å². The number of para-hydroxylation sites is 1. The summed E-state index contributed by atoms with van der Waals surface area (Å²) in [5.74, 6) is 0. The SMILES string of the molecule is CN/N=C/N(C)c1ccccc1. The van der Waals surface area contributed by atoms with Crippen LogP contribution < -0.4 is 10.3 Å². The van der Waals surface area contributed by atoms with Crippen LogP contribution in [0.1, 0.15) is 0 Å². The average Bonchev–Trinajstić information content (AvgIpc) is 2.15. The molecule has 3 heteroatoms. The highest BCUT2D eigenvalue weighted by atomic mass is 15.3. The molecule has 3 nitrogen and oxygen atoms in total. The first-order valence-electron chi connectivity index (χ1n) is 3.82. The lowest BCUT2D eigenvalue weighted by atomic mass is 10.3. The number of hydrogen-bond acceptors (Lipinski definition) is 2. The van der Waals surface area contributed by atoms with Crippen LogP contribution in [0.15, 0.2) is 35.4 Å². The Labute approximate surface area is 72.7 Å². The molecule has 1 rings (SSSR count). The van der Waals surface area contributed by atoms with Crippen molar-refractivity contribution in [2.24, 2.45) is 5.10 Å². The Kier molecular flexibility index (Phi) is 3.14. The molecule has 12 heavy (non-hydrogen) atoms. The molecule has 1 aromatic rings. The van der Waals surface area contributed by atoms with Gasteiger partial charge < -0.3 is 10.3 Å². The zero-order valence-electron chi connectivity index (χ0n) is 7.36. The van der Waals surface area contributed by atoms with E-state index in [4.69, 9.17) is 0 Å². The largest absolute Gasteiger partial charge is 0.334 e. The van der Waals surface area contributed by atoms with Gasteiger partial charge in [-0.2, -0.15) is 5.10 Å². The predicted molar refractivity (Wildman–Crippen MR) is 52.4 cm³/mol. The van der Waals surface area contributed by atoms with Gasteiger partial charge in [0.2, 0.25) is 0 Å². The molecule has 0 heterocycles. The first-order chi connectivity index (χ1) is 5.84. The smallest absolute Gasteiger partial charge is 0.115 e. The molecule has 0 atom stereocenters. The molecule has 0 unspecified atom stereocenters. The molecule has 0 spiro atoms. The van der Waals surface area contributed by atoms with E-state index in [0.29, 0.717) is 0 Å². The van der Waals surface area contributed by atoms with Crippen LogP contribution in [0.5, 0.6) is 0 Å². The lowest BCUT2D eigenvalue weighted by molar-refractivity contribution is 0.901. The number of benzene rings is 1. The molecule has 0 bridgehead atoms. The Morgan fingerprint density at radius 1 is 1.33 bits per heavy atom. The quantitative estimate of drug-likeness (QED) is 0.413. The zero-order chi connectivity index (χ0) is 8.81. The van der Waals surface area contributed by atoms with E-state index in [-0.39, 0.29) is 0 Å². The van der Waals surface area contributed by atoms with E-state index in [2.05, 4.69) is 10.5 Å². The standard InChI is InChI=1S/C9H13N3/c1-10-11-8-12(2)9-6-4-3-5-7-9/h3-8,10H,1-2H3/b11-8+. The average molecular weight is 163 g/mol. The van der Waals surface area contributed by atoms with Gasteiger partial charge in [0.15, 0.2) is 0 Å². The van der Waals surface area contributed by atoms with Crippen molar-refractivity contribution in [2.45, 2.75) is 0 Å². The summed E-state index contributed by atoms with van der Waals surface area (Å²) in [6.07, 6.45) is 1.73. The van der Waals surface area contributed by atoms with Gasteiger partial charge >= 0.3 is 0 Å². The van der Waals surface area contributed by atoms with E-state index in [9.17, 15) is 0 Å². The zero-order valence-corrected chi connectivity index (χ0v) is 7.36. The first-order valence-corrected chi connectivity index (χ1v) is 3.82. The summed E-state index contributed by atoms with van der Waals surface area (Å²) in [4.78, 5) is 1.94. The van der Waals surface area contributed by atoms with Crippen molar-refractivity contribution in [2.75, 3.05) is 19.0 Å². The minimum absolute atomic E-state index is 1.12. The Balaban J connectivity index is 2.65. The highest BCUT2D eigenvalue weighted by Crippen LogP contribution is 2.08. The second kappa shape index (κ2) is 4.38. The van der Waals surface area contributed by atoms with Crippen molar-refractivity contribution in [3.05, 3.63) is 30.3 Å². The van der Waals surface area contributed by atoms with Crippen molar-refractivity contribution in [3.63, 3.8) is 0 Å². The van der Waals surface area contributed by atoms with Gasteiger partial charge in [-0.1, -0.05) is 18.2 Å². The van der Waals surface area contributed by atoms with Crippen molar-refractivity contribution >= 4 is 12.0 Å². The fourth-order valence-electron chi connectivity index (χ4n) is 0.874. The van der Waals surface area contributed by atoms with Crippen molar-refractivity contribution in [1.82, 2.24) is 5.43 Å².